The van der Waals surface area contributed by atoms with Crippen molar-refractivity contribution in [2.24, 2.45) is 5.92 Å². The highest BCUT2D eigenvalue weighted by atomic mass is 16.4. The zero-order valence-corrected chi connectivity index (χ0v) is 15.8. The number of hydrogen-bond acceptors (Lipinski definition) is 6. The van der Waals surface area contributed by atoms with Crippen molar-refractivity contribution in [1.29, 1.82) is 0 Å². The average Bonchev–Trinajstić information content (AvgIpc) is 3.41. The Kier molecular flexibility index (Phi) is 4.12. The Balaban J connectivity index is 1.32. The number of hydrogen-bond donors (Lipinski definition) is 1. The van der Waals surface area contributed by atoms with Gasteiger partial charge in [0.05, 0.1) is 11.9 Å². The molecule has 1 fully saturated rings. The highest BCUT2D eigenvalue weighted by molar-refractivity contribution is 6.02. The zero-order valence-electron chi connectivity index (χ0n) is 15.8. The second kappa shape index (κ2) is 6.80. The van der Waals surface area contributed by atoms with Crippen molar-refractivity contribution in [2.45, 2.75) is 24.8 Å². The van der Waals surface area contributed by atoms with E-state index in [1.54, 1.807) is 25.6 Å². The maximum atomic E-state index is 13.0. The van der Waals surface area contributed by atoms with Crippen LogP contribution < -0.4 is 10.2 Å². The number of benzene rings is 1. The van der Waals surface area contributed by atoms with Gasteiger partial charge in [-0.1, -0.05) is 30.3 Å². The first-order valence-corrected chi connectivity index (χ1v) is 9.50. The van der Waals surface area contributed by atoms with Gasteiger partial charge in [0.1, 0.15) is 11.8 Å². The molecule has 0 saturated heterocycles. The standard InChI is InChI=1S/C21H19N5O3/c1-26-18-16(22-7-8-23-18)14-10-15(14)17(21(26)28)25-19(27)20-24-11-13(29-20)9-12-5-3-2-4-6-12/h2-8,11,14-15,17H,9-10H2,1H3,(H,25,27)/t14?,15-,17-/m1/s1. The molecular formula is C21H19N5O3. The molecule has 1 aliphatic heterocycles. The lowest BCUT2D eigenvalue weighted by Crippen LogP contribution is -2.48. The van der Waals surface area contributed by atoms with E-state index in [1.807, 2.05) is 30.3 Å². The van der Waals surface area contributed by atoms with E-state index in [-0.39, 0.29) is 23.6 Å². The van der Waals surface area contributed by atoms with Crippen LogP contribution >= 0.6 is 0 Å². The molecular weight excluding hydrogens is 370 g/mol. The van der Waals surface area contributed by atoms with Gasteiger partial charge in [0, 0.05) is 31.8 Å². The number of aromatic nitrogens is 3. The summed E-state index contributed by atoms with van der Waals surface area (Å²) in [6.07, 6.45) is 6.09. The van der Waals surface area contributed by atoms with Gasteiger partial charge in [0.25, 0.3) is 11.8 Å². The van der Waals surface area contributed by atoms with Crippen molar-refractivity contribution >= 4 is 17.6 Å². The van der Waals surface area contributed by atoms with Gasteiger partial charge in [-0.15, -0.1) is 0 Å². The number of likely N-dealkylation sites (N-methyl/N-ethyl adjacent to an activating group) is 1. The third kappa shape index (κ3) is 3.16. The van der Waals surface area contributed by atoms with Crippen LogP contribution in [0.5, 0.6) is 0 Å². The first kappa shape index (κ1) is 17.5. The van der Waals surface area contributed by atoms with Gasteiger partial charge in [0.2, 0.25) is 0 Å². The predicted octanol–water partition coefficient (Wildman–Crippen LogP) is 1.93. The second-order valence-corrected chi connectivity index (χ2v) is 7.41. The Morgan fingerprint density at radius 2 is 2.00 bits per heavy atom. The summed E-state index contributed by atoms with van der Waals surface area (Å²) >= 11 is 0. The highest BCUT2D eigenvalue weighted by Crippen LogP contribution is 2.53. The molecule has 3 atom stereocenters. The molecule has 0 radical (unpaired) electrons. The molecule has 1 saturated carbocycles. The summed E-state index contributed by atoms with van der Waals surface area (Å²) in [5.41, 5.74) is 1.88. The quantitative estimate of drug-likeness (QED) is 0.732. The Labute approximate surface area is 167 Å². The molecule has 0 spiro atoms. The number of carbonyl (C=O) groups excluding carboxylic acids is 2. The van der Waals surface area contributed by atoms with Crippen LogP contribution in [0.25, 0.3) is 0 Å². The lowest BCUT2D eigenvalue weighted by atomic mass is 10.1. The monoisotopic (exact) mass is 389 g/mol. The molecule has 1 N–H and O–H groups in total. The van der Waals surface area contributed by atoms with Gasteiger partial charge in [0.15, 0.2) is 5.82 Å². The molecule has 2 amide bonds. The minimum Gasteiger partial charge on any atom is -0.437 e. The molecule has 2 aromatic heterocycles. The zero-order chi connectivity index (χ0) is 20.0. The number of fused-ring (bicyclic) bond motifs is 3. The van der Waals surface area contributed by atoms with Gasteiger partial charge in [-0.2, -0.15) is 0 Å². The third-order valence-corrected chi connectivity index (χ3v) is 5.50. The summed E-state index contributed by atoms with van der Waals surface area (Å²) < 4.78 is 5.62. The SMILES string of the molecule is CN1C(=O)[C@H](NC(=O)c2ncc(Cc3ccccc3)o2)[C@@H]2CC2c2nccnc21. The van der Waals surface area contributed by atoms with E-state index in [0.29, 0.717) is 18.0 Å². The van der Waals surface area contributed by atoms with E-state index < -0.39 is 11.9 Å². The fourth-order valence-corrected chi connectivity index (χ4v) is 3.92. The van der Waals surface area contributed by atoms with Gasteiger partial charge in [-0.25, -0.2) is 9.97 Å². The highest BCUT2D eigenvalue weighted by Gasteiger charge is 2.53. The molecule has 0 bridgehead atoms. The summed E-state index contributed by atoms with van der Waals surface area (Å²) in [4.78, 5) is 39.9. The maximum absolute atomic E-state index is 13.0. The van der Waals surface area contributed by atoms with E-state index in [1.165, 1.54) is 4.90 Å². The van der Waals surface area contributed by atoms with Crippen molar-refractivity contribution in [2.75, 3.05) is 11.9 Å². The predicted molar refractivity (Wildman–Crippen MR) is 103 cm³/mol. The summed E-state index contributed by atoms with van der Waals surface area (Å²) in [7, 11) is 1.66. The number of nitrogens with one attached hydrogen (secondary N) is 1. The second-order valence-electron chi connectivity index (χ2n) is 7.41. The third-order valence-electron chi connectivity index (χ3n) is 5.50. The van der Waals surface area contributed by atoms with Crippen LogP contribution in [-0.2, 0) is 11.2 Å². The molecule has 5 rings (SSSR count). The van der Waals surface area contributed by atoms with Crippen LogP contribution in [0, 0.1) is 5.92 Å². The Morgan fingerprint density at radius 1 is 1.21 bits per heavy atom. The van der Waals surface area contributed by atoms with E-state index in [4.69, 9.17) is 4.42 Å². The largest absolute Gasteiger partial charge is 0.437 e. The van der Waals surface area contributed by atoms with Gasteiger partial charge >= 0.3 is 5.91 Å². The van der Waals surface area contributed by atoms with Crippen molar-refractivity contribution in [3.63, 3.8) is 0 Å². The molecule has 3 heterocycles. The first-order chi connectivity index (χ1) is 14.1. The van der Waals surface area contributed by atoms with Crippen molar-refractivity contribution in [3.05, 3.63) is 71.8 Å². The van der Waals surface area contributed by atoms with Crippen molar-refractivity contribution in [1.82, 2.24) is 20.3 Å². The van der Waals surface area contributed by atoms with E-state index in [9.17, 15) is 9.59 Å². The van der Waals surface area contributed by atoms with Crippen LogP contribution in [0.4, 0.5) is 5.82 Å². The molecule has 29 heavy (non-hydrogen) atoms. The van der Waals surface area contributed by atoms with Crippen LogP contribution in [0.15, 0.2) is 53.3 Å². The molecule has 1 unspecified atom stereocenters. The van der Waals surface area contributed by atoms with Crippen molar-refractivity contribution < 1.29 is 14.0 Å². The fraction of sp³-hybridized carbons (Fsp3) is 0.286. The van der Waals surface area contributed by atoms with Gasteiger partial charge in [-0.05, 0) is 17.9 Å². The number of oxazole rings is 1. The van der Waals surface area contributed by atoms with Crippen molar-refractivity contribution in [3.8, 4) is 0 Å². The topological polar surface area (TPSA) is 101 Å². The molecule has 1 aliphatic carbocycles. The van der Waals surface area contributed by atoms with Gasteiger partial charge in [-0.3, -0.25) is 19.5 Å². The smallest absolute Gasteiger partial charge is 0.307 e. The fourth-order valence-electron chi connectivity index (χ4n) is 3.92. The summed E-state index contributed by atoms with van der Waals surface area (Å²) in [6, 6.07) is 9.14. The van der Waals surface area contributed by atoms with Crippen LogP contribution in [0.1, 0.15) is 40.0 Å². The van der Waals surface area contributed by atoms with E-state index in [0.717, 1.165) is 17.7 Å². The summed E-state index contributed by atoms with van der Waals surface area (Å²) in [6.45, 7) is 0. The first-order valence-electron chi connectivity index (χ1n) is 9.50. The summed E-state index contributed by atoms with van der Waals surface area (Å²) in [5.74, 6) is 0.539. The van der Waals surface area contributed by atoms with E-state index in [2.05, 4.69) is 20.3 Å². The number of rotatable bonds is 4. The summed E-state index contributed by atoms with van der Waals surface area (Å²) in [5, 5.41) is 2.82. The lowest BCUT2D eigenvalue weighted by Gasteiger charge is -2.22. The van der Waals surface area contributed by atoms with Crippen LogP contribution in [-0.4, -0.2) is 39.9 Å². The Morgan fingerprint density at radius 3 is 2.83 bits per heavy atom. The Hall–Kier alpha value is -3.55. The molecule has 8 nitrogen and oxygen atoms in total. The molecule has 146 valence electrons. The van der Waals surface area contributed by atoms with Crippen LogP contribution in [0.2, 0.25) is 0 Å². The van der Waals surface area contributed by atoms with E-state index >= 15 is 0 Å². The molecule has 8 heteroatoms. The normalized spacial score (nSPS) is 22.4. The lowest BCUT2D eigenvalue weighted by molar-refractivity contribution is -0.120. The number of anilines is 1. The molecule has 3 aromatic rings. The minimum absolute atomic E-state index is 0.00519. The minimum atomic E-state index is -0.655. The molecule has 1 aromatic carbocycles. The Bertz CT molecular complexity index is 1080. The molecule has 2 aliphatic rings. The maximum Gasteiger partial charge on any atom is 0.307 e. The number of carbonyl (C=O) groups is 2. The van der Waals surface area contributed by atoms with Gasteiger partial charge < -0.3 is 9.73 Å². The number of nitrogens with zero attached hydrogens (tertiary/aromatic N) is 4. The average molecular weight is 389 g/mol. The van der Waals surface area contributed by atoms with Crippen LogP contribution in [0.3, 0.4) is 0 Å². The number of amides is 2.